The summed E-state index contributed by atoms with van der Waals surface area (Å²) >= 11 is 6.06. The Kier molecular flexibility index (Phi) is 11.7. The fourth-order valence-corrected chi connectivity index (χ4v) is 6.24. The first-order valence-electron chi connectivity index (χ1n) is 14.0. The molecule has 2 aromatic carbocycles. The van der Waals surface area contributed by atoms with Crippen LogP contribution >= 0.6 is 11.6 Å². The van der Waals surface area contributed by atoms with Gasteiger partial charge in [-0.15, -0.1) is 0 Å². The van der Waals surface area contributed by atoms with Gasteiger partial charge in [0.15, 0.2) is 0 Å². The van der Waals surface area contributed by atoms with Crippen molar-refractivity contribution in [3.05, 3.63) is 64.7 Å². The minimum absolute atomic E-state index is 0.125. The third kappa shape index (κ3) is 9.24. The van der Waals surface area contributed by atoms with E-state index < -0.39 is 16.1 Å². The number of amides is 2. The molecule has 214 valence electrons. The molecule has 0 unspecified atom stereocenters. The number of halogens is 1. The van der Waals surface area contributed by atoms with Crippen molar-refractivity contribution < 1.29 is 18.0 Å². The monoisotopic (exact) mass is 575 g/mol. The third-order valence-electron chi connectivity index (χ3n) is 7.39. The maximum Gasteiger partial charge on any atom is 0.243 e. The highest BCUT2D eigenvalue weighted by Crippen LogP contribution is 2.22. The summed E-state index contributed by atoms with van der Waals surface area (Å²) in [6.07, 6.45) is 8.32. The molecule has 0 aromatic heterocycles. The van der Waals surface area contributed by atoms with E-state index in [0.29, 0.717) is 23.6 Å². The summed E-state index contributed by atoms with van der Waals surface area (Å²) in [6, 6.07) is 14.3. The Balaban J connectivity index is 1.74. The summed E-state index contributed by atoms with van der Waals surface area (Å²) in [5, 5.41) is 3.79. The van der Waals surface area contributed by atoms with Gasteiger partial charge in [-0.2, -0.15) is 0 Å². The third-order valence-corrected chi connectivity index (χ3v) is 8.83. The maximum atomic E-state index is 13.6. The second-order valence-electron chi connectivity index (χ2n) is 10.4. The van der Waals surface area contributed by atoms with Gasteiger partial charge >= 0.3 is 0 Å². The van der Waals surface area contributed by atoms with Crippen LogP contribution < -0.4 is 9.62 Å². The van der Waals surface area contributed by atoms with Gasteiger partial charge in [-0.3, -0.25) is 13.9 Å². The molecule has 2 aromatic rings. The predicted octanol–water partition coefficient (Wildman–Crippen LogP) is 5.70. The van der Waals surface area contributed by atoms with Crippen LogP contribution in [0.1, 0.15) is 76.3 Å². The largest absolute Gasteiger partial charge is 0.352 e. The van der Waals surface area contributed by atoms with E-state index in [1.54, 1.807) is 29.2 Å². The minimum Gasteiger partial charge on any atom is -0.352 e. The van der Waals surface area contributed by atoms with E-state index in [9.17, 15) is 18.0 Å². The molecule has 0 radical (unpaired) electrons. The predicted molar refractivity (Wildman–Crippen MR) is 158 cm³/mol. The van der Waals surface area contributed by atoms with Crippen LogP contribution in [0, 0.1) is 0 Å². The average Bonchev–Trinajstić information content (AvgIpc) is 2.92. The molecule has 1 aliphatic carbocycles. The van der Waals surface area contributed by atoms with Crippen molar-refractivity contribution in [3.63, 3.8) is 0 Å². The lowest BCUT2D eigenvalue weighted by molar-refractivity contribution is -0.141. The maximum absolute atomic E-state index is 13.6. The van der Waals surface area contributed by atoms with E-state index in [1.165, 1.54) is 17.0 Å². The molecule has 7 nitrogen and oxygen atoms in total. The molecule has 0 bridgehead atoms. The number of anilines is 1. The summed E-state index contributed by atoms with van der Waals surface area (Å²) in [4.78, 5) is 28.6. The van der Waals surface area contributed by atoms with Crippen molar-refractivity contribution in [1.82, 2.24) is 10.2 Å². The number of sulfonamides is 1. The van der Waals surface area contributed by atoms with Gasteiger partial charge < -0.3 is 10.2 Å². The summed E-state index contributed by atoms with van der Waals surface area (Å²) in [5.41, 5.74) is 2.58. The van der Waals surface area contributed by atoms with Crippen LogP contribution in [0.3, 0.4) is 0 Å². The molecule has 1 N–H and O–H groups in total. The smallest absolute Gasteiger partial charge is 0.243 e. The number of nitrogens with one attached hydrogen (secondary N) is 1. The zero-order valence-corrected chi connectivity index (χ0v) is 24.9. The van der Waals surface area contributed by atoms with Gasteiger partial charge in [0.1, 0.15) is 6.04 Å². The van der Waals surface area contributed by atoms with Crippen LogP contribution in [0.5, 0.6) is 0 Å². The van der Waals surface area contributed by atoms with Crippen molar-refractivity contribution in [1.29, 1.82) is 0 Å². The first-order chi connectivity index (χ1) is 18.6. The van der Waals surface area contributed by atoms with Gasteiger partial charge in [-0.1, -0.05) is 69.0 Å². The van der Waals surface area contributed by atoms with Crippen LogP contribution in [0.25, 0.3) is 0 Å². The van der Waals surface area contributed by atoms with Crippen molar-refractivity contribution in [2.45, 2.75) is 90.3 Å². The summed E-state index contributed by atoms with van der Waals surface area (Å²) in [7, 11) is -3.53. The Hall–Kier alpha value is -2.58. The first-order valence-corrected chi connectivity index (χ1v) is 16.3. The molecule has 2 amide bonds. The Labute approximate surface area is 239 Å². The molecule has 1 atom stereocenters. The van der Waals surface area contributed by atoms with Gasteiger partial charge in [0.05, 0.1) is 11.9 Å². The molecule has 0 aliphatic heterocycles. The normalized spacial score (nSPS) is 15.0. The van der Waals surface area contributed by atoms with Crippen molar-refractivity contribution in [3.8, 4) is 0 Å². The molecular weight excluding hydrogens is 534 g/mol. The Morgan fingerprint density at radius 2 is 1.59 bits per heavy atom. The fourth-order valence-electron chi connectivity index (χ4n) is 5.15. The quantitative estimate of drug-likeness (QED) is 0.332. The highest BCUT2D eigenvalue weighted by atomic mass is 35.5. The van der Waals surface area contributed by atoms with Gasteiger partial charge in [0.25, 0.3) is 0 Å². The Morgan fingerprint density at radius 3 is 2.15 bits per heavy atom. The molecule has 1 saturated carbocycles. The molecule has 3 rings (SSSR count). The van der Waals surface area contributed by atoms with Crippen molar-refractivity contribution in [2.24, 2.45) is 0 Å². The number of carbonyl (C=O) groups is 2. The first kappa shape index (κ1) is 31.0. The van der Waals surface area contributed by atoms with Crippen LogP contribution in [-0.2, 0) is 32.6 Å². The number of hydrogen-bond donors (Lipinski definition) is 1. The molecule has 1 fully saturated rings. The molecule has 9 heteroatoms. The van der Waals surface area contributed by atoms with Crippen molar-refractivity contribution in [2.75, 3.05) is 17.1 Å². The lowest BCUT2D eigenvalue weighted by atomic mass is 9.95. The van der Waals surface area contributed by atoms with Crippen LogP contribution in [0.4, 0.5) is 5.69 Å². The van der Waals surface area contributed by atoms with E-state index in [4.69, 9.17) is 11.6 Å². The second-order valence-corrected chi connectivity index (χ2v) is 12.7. The molecule has 0 heterocycles. The fraction of sp³-hybridized carbons (Fsp3) is 0.533. The number of benzene rings is 2. The zero-order chi connectivity index (χ0) is 28.4. The molecule has 39 heavy (non-hydrogen) atoms. The molecular formula is C30H42ClN3O4S. The van der Waals surface area contributed by atoms with Gasteiger partial charge in [0, 0.05) is 30.6 Å². The van der Waals surface area contributed by atoms with E-state index >= 15 is 0 Å². The molecule has 0 saturated heterocycles. The standard InChI is InChI=1S/C30H42ClN3O4S/c1-4-23-15-19-27(20-16-23)34(39(3,37)38)21-9-12-29(35)33(22-24-13-17-25(31)18-14-24)28(5-2)30(36)32-26-10-7-6-8-11-26/h13-20,26,28H,4-12,21-22H2,1-3H3,(H,32,36)/t28-/m1/s1. The SMILES string of the molecule is CCc1ccc(N(CCCC(=O)N(Cc2ccc(Cl)cc2)[C@H](CC)C(=O)NC2CCCCC2)S(C)(=O)=O)cc1. The van der Waals surface area contributed by atoms with Gasteiger partial charge in [-0.05, 0) is 67.5 Å². The number of rotatable bonds is 13. The number of nitrogens with zero attached hydrogens (tertiary/aromatic N) is 2. The summed E-state index contributed by atoms with van der Waals surface area (Å²) in [6.45, 7) is 4.42. The van der Waals surface area contributed by atoms with E-state index in [-0.39, 0.29) is 37.4 Å². The van der Waals surface area contributed by atoms with Crippen molar-refractivity contribution >= 4 is 39.1 Å². The highest BCUT2D eigenvalue weighted by Gasteiger charge is 2.30. The van der Waals surface area contributed by atoms with Gasteiger partial charge in [0.2, 0.25) is 21.8 Å². The zero-order valence-electron chi connectivity index (χ0n) is 23.4. The van der Waals surface area contributed by atoms with E-state index in [1.807, 2.05) is 38.1 Å². The van der Waals surface area contributed by atoms with Crippen LogP contribution in [-0.4, -0.2) is 50.0 Å². The Morgan fingerprint density at radius 1 is 0.974 bits per heavy atom. The number of hydrogen-bond acceptors (Lipinski definition) is 4. The van der Waals surface area contributed by atoms with Gasteiger partial charge in [-0.25, -0.2) is 8.42 Å². The minimum atomic E-state index is -3.53. The van der Waals surface area contributed by atoms with Crippen LogP contribution in [0.2, 0.25) is 5.02 Å². The van der Waals surface area contributed by atoms with Crippen LogP contribution in [0.15, 0.2) is 48.5 Å². The molecule has 1 aliphatic rings. The lowest BCUT2D eigenvalue weighted by Gasteiger charge is -2.33. The van der Waals surface area contributed by atoms with E-state index in [0.717, 1.165) is 43.2 Å². The topological polar surface area (TPSA) is 86.8 Å². The number of aryl methyl sites for hydroxylation is 1. The average molecular weight is 576 g/mol. The molecule has 0 spiro atoms. The summed E-state index contributed by atoms with van der Waals surface area (Å²) < 4.78 is 26.5. The highest BCUT2D eigenvalue weighted by molar-refractivity contribution is 7.92. The Bertz CT molecular complexity index is 1180. The van der Waals surface area contributed by atoms with E-state index in [2.05, 4.69) is 5.32 Å². The second kappa shape index (κ2) is 14.7. The lowest BCUT2D eigenvalue weighted by Crippen LogP contribution is -2.51. The summed E-state index contributed by atoms with van der Waals surface area (Å²) in [5.74, 6) is -0.300. The number of carbonyl (C=O) groups excluding carboxylic acids is 2.